The number of amides is 1. The molecule has 2 N–H and O–H groups in total. The molecule has 2 heterocycles. The van der Waals surface area contributed by atoms with Crippen LogP contribution < -0.4 is 15.5 Å². The summed E-state index contributed by atoms with van der Waals surface area (Å²) >= 11 is 0. The van der Waals surface area contributed by atoms with E-state index < -0.39 is 0 Å². The molecular formula is C24H37N3O2. The Morgan fingerprint density at radius 3 is 2.52 bits per heavy atom. The molecule has 2 saturated heterocycles. The number of carbonyl (C=O) groups is 1. The minimum absolute atomic E-state index is 0.171. The van der Waals surface area contributed by atoms with E-state index in [4.69, 9.17) is 4.74 Å². The van der Waals surface area contributed by atoms with Crippen LogP contribution in [0.1, 0.15) is 57.8 Å². The molecule has 5 nitrogen and oxygen atoms in total. The van der Waals surface area contributed by atoms with Crippen LogP contribution in [0.3, 0.4) is 0 Å². The third-order valence-corrected chi connectivity index (χ3v) is 6.97. The van der Waals surface area contributed by atoms with Gasteiger partial charge in [-0.1, -0.05) is 18.9 Å². The standard InChI is InChI=1S/C24H37N3O2/c28-24(16-19-4-1-2-5-19)26-22-6-3-7-23(17-22)27-12-8-21(9-13-27)25-18-20-10-14-29-15-11-20/h3,6-7,17,19-21,25H,1-2,4-5,8-16,18H2,(H,26,28). The van der Waals surface area contributed by atoms with Crippen molar-refractivity contribution in [3.05, 3.63) is 24.3 Å². The van der Waals surface area contributed by atoms with Crippen molar-refractivity contribution in [2.75, 3.05) is 43.1 Å². The third kappa shape index (κ3) is 6.19. The van der Waals surface area contributed by atoms with Gasteiger partial charge in [0.2, 0.25) is 5.91 Å². The first-order valence-corrected chi connectivity index (χ1v) is 11.7. The van der Waals surface area contributed by atoms with E-state index in [2.05, 4.69) is 33.7 Å². The van der Waals surface area contributed by atoms with Crippen LogP contribution >= 0.6 is 0 Å². The Labute approximate surface area is 175 Å². The van der Waals surface area contributed by atoms with E-state index in [1.165, 1.54) is 57.1 Å². The topological polar surface area (TPSA) is 53.6 Å². The van der Waals surface area contributed by atoms with Gasteiger partial charge in [0.1, 0.15) is 0 Å². The summed E-state index contributed by atoms with van der Waals surface area (Å²) in [5.41, 5.74) is 2.16. The number of anilines is 2. The van der Waals surface area contributed by atoms with E-state index in [0.717, 1.165) is 44.5 Å². The van der Waals surface area contributed by atoms with Crippen molar-refractivity contribution in [3.8, 4) is 0 Å². The molecule has 0 aromatic heterocycles. The molecule has 5 heteroatoms. The second kappa shape index (κ2) is 10.4. The van der Waals surface area contributed by atoms with E-state index >= 15 is 0 Å². The van der Waals surface area contributed by atoms with Gasteiger partial charge in [-0.25, -0.2) is 0 Å². The van der Waals surface area contributed by atoms with E-state index in [-0.39, 0.29) is 5.91 Å². The monoisotopic (exact) mass is 399 g/mol. The van der Waals surface area contributed by atoms with Crippen LogP contribution in [-0.2, 0) is 9.53 Å². The maximum Gasteiger partial charge on any atom is 0.224 e. The molecule has 4 rings (SSSR count). The van der Waals surface area contributed by atoms with Gasteiger partial charge in [0.25, 0.3) is 0 Å². The minimum atomic E-state index is 0.171. The number of ether oxygens (including phenoxy) is 1. The maximum atomic E-state index is 12.4. The average Bonchev–Trinajstić information content (AvgIpc) is 3.26. The van der Waals surface area contributed by atoms with Crippen LogP contribution in [0.25, 0.3) is 0 Å². The smallest absolute Gasteiger partial charge is 0.224 e. The molecule has 3 fully saturated rings. The molecule has 0 bridgehead atoms. The number of hydrogen-bond donors (Lipinski definition) is 2. The summed E-state index contributed by atoms with van der Waals surface area (Å²) in [4.78, 5) is 14.8. The molecule has 29 heavy (non-hydrogen) atoms. The van der Waals surface area contributed by atoms with Gasteiger partial charge in [0.05, 0.1) is 0 Å². The van der Waals surface area contributed by atoms with Crippen molar-refractivity contribution in [1.29, 1.82) is 0 Å². The highest BCUT2D eigenvalue weighted by Gasteiger charge is 2.22. The first-order chi connectivity index (χ1) is 14.3. The summed E-state index contributed by atoms with van der Waals surface area (Å²) < 4.78 is 5.46. The van der Waals surface area contributed by atoms with Crippen LogP contribution in [0.4, 0.5) is 11.4 Å². The van der Waals surface area contributed by atoms with Crippen molar-refractivity contribution in [2.45, 2.75) is 63.8 Å². The molecule has 1 saturated carbocycles. The third-order valence-electron chi connectivity index (χ3n) is 6.97. The molecule has 1 amide bonds. The lowest BCUT2D eigenvalue weighted by Gasteiger charge is -2.35. The van der Waals surface area contributed by atoms with Gasteiger partial charge in [0, 0.05) is 50.1 Å². The fourth-order valence-electron chi connectivity index (χ4n) is 5.09. The summed E-state index contributed by atoms with van der Waals surface area (Å²) in [5, 5.41) is 6.92. The van der Waals surface area contributed by atoms with E-state index in [1.807, 2.05) is 6.07 Å². The van der Waals surface area contributed by atoms with Gasteiger partial charge < -0.3 is 20.3 Å². The Morgan fingerprint density at radius 2 is 1.76 bits per heavy atom. The Bertz CT molecular complexity index is 645. The molecule has 1 aliphatic carbocycles. The minimum Gasteiger partial charge on any atom is -0.381 e. The molecule has 1 aromatic carbocycles. The zero-order chi connectivity index (χ0) is 19.9. The zero-order valence-electron chi connectivity index (χ0n) is 17.7. The quantitative estimate of drug-likeness (QED) is 0.722. The maximum absolute atomic E-state index is 12.4. The number of hydrogen-bond acceptors (Lipinski definition) is 4. The largest absolute Gasteiger partial charge is 0.381 e. The Balaban J connectivity index is 1.22. The predicted molar refractivity (Wildman–Crippen MR) is 118 cm³/mol. The van der Waals surface area contributed by atoms with Crippen molar-refractivity contribution < 1.29 is 9.53 Å². The number of benzene rings is 1. The summed E-state index contributed by atoms with van der Waals surface area (Å²) in [6.07, 6.45) is 10.4. The molecular weight excluding hydrogens is 362 g/mol. The van der Waals surface area contributed by atoms with Gasteiger partial charge >= 0.3 is 0 Å². The van der Waals surface area contributed by atoms with Crippen molar-refractivity contribution >= 4 is 17.3 Å². The first-order valence-electron chi connectivity index (χ1n) is 11.7. The zero-order valence-corrected chi connectivity index (χ0v) is 17.7. The number of rotatable bonds is 7. The number of carbonyl (C=O) groups excluding carboxylic acids is 1. The summed E-state index contributed by atoms with van der Waals surface area (Å²) in [6.45, 7) is 5.14. The van der Waals surface area contributed by atoms with E-state index in [1.54, 1.807) is 0 Å². The highest BCUT2D eigenvalue weighted by molar-refractivity contribution is 5.91. The SMILES string of the molecule is O=C(CC1CCCC1)Nc1cccc(N2CCC(NCC3CCOCC3)CC2)c1. The van der Waals surface area contributed by atoms with Crippen molar-refractivity contribution in [1.82, 2.24) is 5.32 Å². The molecule has 0 spiro atoms. The molecule has 3 aliphatic rings. The lowest BCUT2D eigenvalue weighted by Crippen LogP contribution is -2.44. The Hall–Kier alpha value is -1.59. The van der Waals surface area contributed by atoms with Crippen LogP contribution in [-0.4, -0.2) is 44.8 Å². The summed E-state index contributed by atoms with van der Waals surface area (Å²) in [5.74, 6) is 1.54. The lowest BCUT2D eigenvalue weighted by molar-refractivity contribution is -0.117. The highest BCUT2D eigenvalue weighted by Crippen LogP contribution is 2.28. The van der Waals surface area contributed by atoms with Gasteiger partial charge in [-0.15, -0.1) is 0 Å². The lowest BCUT2D eigenvalue weighted by atomic mass is 9.98. The van der Waals surface area contributed by atoms with Gasteiger partial charge in [-0.2, -0.15) is 0 Å². The number of nitrogens with zero attached hydrogens (tertiary/aromatic N) is 1. The molecule has 0 unspecified atom stereocenters. The fraction of sp³-hybridized carbons (Fsp3) is 0.708. The molecule has 160 valence electrons. The van der Waals surface area contributed by atoms with Crippen molar-refractivity contribution in [3.63, 3.8) is 0 Å². The molecule has 1 aromatic rings. The second-order valence-electron chi connectivity index (χ2n) is 9.18. The van der Waals surface area contributed by atoms with E-state index in [9.17, 15) is 4.79 Å². The number of piperidine rings is 1. The van der Waals surface area contributed by atoms with Gasteiger partial charge in [-0.3, -0.25) is 4.79 Å². The molecule has 2 aliphatic heterocycles. The summed E-state index contributed by atoms with van der Waals surface area (Å²) in [6, 6.07) is 9.02. The predicted octanol–water partition coefficient (Wildman–Crippen LogP) is 4.19. The molecule has 0 radical (unpaired) electrons. The fourth-order valence-corrected chi connectivity index (χ4v) is 5.09. The normalized spacial score (nSPS) is 22.1. The van der Waals surface area contributed by atoms with Crippen LogP contribution in [0.15, 0.2) is 24.3 Å². The second-order valence-corrected chi connectivity index (χ2v) is 9.18. The average molecular weight is 400 g/mol. The Morgan fingerprint density at radius 1 is 1.00 bits per heavy atom. The first kappa shape index (κ1) is 20.7. The van der Waals surface area contributed by atoms with Gasteiger partial charge in [0.15, 0.2) is 0 Å². The Kier molecular flexibility index (Phi) is 7.44. The van der Waals surface area contributed by atoms with Crippen LogP contribution in [0.2, 0.25) is 0 Å². The van der Waals surface area contributed by atoms with Crippen LogP contribution in [0, 0.1) is 11.8 Å². The molecule has 0 atom stereocenters. The number of nitrogens with one attached hydrogen (secondary N) is 2. The van der Waals surface area contributed by atoms with Gasteiger partial charge in [-0.05, 0) is 75.1 Å². The summed E-state index contributed by atoms with van der Waals surface area (Å²) in [7, 11) is 0. The van der Waals surface area contributed by atoms with Crippen molar-refractivity contribution in [2.24, 2.45) is 11.8 Å². The highest BCUT2D eigenvalue weighted by atomic mass is 16.5. The van der Waals surface area contributed by atoms with Crippen LogP contribution in [0.5, 0.6) is 0 Å². The van der Waals surface area contributed by atoms with E-state index in [0.29, 0.717) is 18.4 Å².